The first-order valence-electron chi connectivity index (χ1n) is 4.55. The third-order valence-electron chi connectivity index (χ3n) is 2.19. The van der Waals surface area contributed by atoms with E-state index in [-0.39, 0.29) is 0 Å². The summed E-state index contributed by atoms with van der Waals surface area (Å²) in [4.78, 5) is 2.41. The smallest absolute Gasteiger partial charge is 0.0122 e. The summed E-state index contributed by atoms with van der Waals surface area (Å²) in [5.41, 5.74) is 0.328. The SMILES string of the molecule is CC(C)CCN(C)C(C)(C)C. The van der Waals surface area contributed by atoms with Gasteiger partial charge in [0, 0.05) is 5.54 Å². The highest BCUT2D eigenvalue weighted by Gasteiger charge is 2.15. The van der Waals surface area contributed by atoms with Crippen molar-refractivity contribution in [3.8, 4) is 0 Å². The summed E-state index contributed by atoms with van der Waals surface area (Å²) in [6, 6.07) is 0. The predicted octanol–water partition coefficient (Wildman–Crippen LogP) is 2.76. The van der Waals surface area contributed by atoms with Crippen molar-refractivity contribution < 1.29 is 0 Å². The fraction of sp³-hybridized carbons (Fsp3) is 1.00. The largest absolute Gasteiger partial charge is 0.302 e. The fourth-order valence-corrected chi connectivity index (χ4v) is 0.787. The van der Waals surface area contributed by atoms with Crippen molar-refractivity contribution in [3.63, 3.8) is 0 Å². The Kier molecular flexibility index (Phi) is 4.09. The van der Waals surface area contributed by atoms with Crippen LogP contribution in [0.1, 0.15) is 41.0 Å². The van der Waals surface area contributed by atoms with Gasteiger partial charge in [-0.2, -0.15) is 0 Å². The van der Waals surface area contributed by atoms with Crippen LogP contribution in [-0.2, 0) is 0 Å². The van der Waals surface area contributed by atoms with Crippen LogP contribution in [0, 0.1) is 5.92 Å². The highest BCUT2D eigenvalue weighted by Crippen LogP contribution is 2.12. The molecule has 0 amide bonds. The fourth-order valence-electron chi connectivity index (χ4n) is 0.787. The van der Waals surface area contributed by atoms with Crippen LogP contribution in [0.25, 0.3) is 0 Å². The van der Waals surface area contributed by atoms with Gasteiger partial charge in [0.1, 0.15) is 0 Å². The van der Waals surface area contributed by atoms with E-state index in [0.29, 0.717) is 5.54 Å². The third-order valence-corrected chi connectivity index (χ3v) is 2.19. The molecule has 0 aliphatic carbocycles. The summed E-state index contributed by atoms with van der Waals surface area (Å²) in [5, 5.41) is 0. The lowest BCUT2D eigenvalue weighted by atomic mass is 10.0. The van der Waals surface area contributed by atoms with Crippen molar-refractivity contribution in [1.82, 2.24) is 4.90 Å². The third kappa shape index (κ3) is 5.25. The Balaban J connectivity index is 3.61. The first kappa shape index (κ1) is 11.0. The zero-order valence-corrected chi connectivity index (χ0v) is 8.94. The van der Waals surface area contributed by atoms with E-state index in [1.54, 1.807) is 0 Å². The summed E-state index contributed by atoms with van der Waals surface area (Å²) in [7, 11) is 2.20. The van der Waals surface area contributed by atoms with Gasteiger partial charge >= 0.3 is 0 Å². The summed E-state index contributed by atoms with van der Waals surface area (Å²) in [5.74, 6) is 0.819. The number of nitrogens with zero attached hydrogens (tertiary/aromatic N) is 1. The second kappa shape index (κ2) is 4.10. The average Bonchev–Trinajstić information content (AvgIpc) is 1.80. The first-order valence-corrected chi connectivity index (χ1v) is 4.55. The van der Waals surface area contributed by atoms with Crippen molar-refractivity contribution in [2.75, 3.05) is 13.6 Å². The minimum absolute atomic E-state index is 0.328. The topological polar surface area (TPSA) is 3.24 Å². The maximum Gasteiger partial charge on any atom is 0.0122 e. The molecule has 0 N–H and O–H groups in total. The zero-order valence-electron chi connectivity index (χ0n) is 8.94. The molecule has 0 bridgehead atoms. The lowest BCUT2D eigenvalue weighted by molar-refractivity contribution is 0.167. The quantitative estimate of drug-likeness (QED) is 0.609. The molecule has 0 atom stereocenters. The van der Waals surface area contributed by atoms with Crippen molar-refractivity contribution >= 4 is 0 Å². The van der Waals surface area contributed by atoms with E-state index in [0.717, 1.165) is 5.92 Å². The van der Waals surface area contributed by atoms with Gasteiger partial charge in [-0.3, -0.25) is 0 Å². The molecule has 0 unspecified atom stereocenters. The van der Waals surface area contributed by atoms with Crippen LogP contribution in [0.2, 0.25) is 0 Å². The van der Waals surface area contributed by atoms with Crippen molar-refractivity contribution in [1.29, 1.82) is 0 Å². The maximum atomic E-state index is 2.41. The van der Waals surface area contributed by atoms with E-state index in [1.807, 2.05) is 0 Å². The monoisotopic (exact) mass is 157 g/mol. The number of hydrogen-bond donors (Lipinski definition) is 0. The lowest BCUT2D eigenvalue weighted by Gasteiger charge is -2.32. The van der Waals surface area contributed by atoms with Gasteiger partial charge in [0.2, 0.25) is 0 Å². The van der Waals surface area contributed by atoms with Crippen LogP contribution >= 0.6 is 0 Å². The van der Waals surface area contributed by atoms with Crippen LogP contribution in [-0.4, -0.2) is 24.0 Å². The van der Waals surface area contributed by atoms with Crippen LogP contribution in [0.3, 0.4) is 0 Å². The molecule has 0 aliphatic rings. The molecule has 0 aliphatic heterocycles. The Morgan fingerprint density at radius 2 is 1.64 bits per heavy atom. The molecule has 0 spiro atoms. The Morgan fingerprint density at radius 1 is 1.18 bits per heavy atom. The summed E-state index contributed by atoms with van der Waals surface area (Å²) >= 11 is 0. The van der Waals surface area contributed by atoms with Gasteiger partial charge in [0.25, 0.3) is 0 Å². The molecule has 0 fully saturated rings. The highest BCUT2D eigenvalue weighted by molar-refractivity contribution is 4.72. The molecular formula is C10H23N. The minimum atomic E-state index is 0.328. The molecule has 0 radical (unpaired) electrons. The molecule has 0 aromatic carbocycles. The molecule has 11 heavy (non-hydrogen) atoms. The molecule has 0 aromatic rings. The molecule has 68 valence electrons. The standard InChI is InChI=1S/C10H23N/c1-9(2)7-8-11(6)10(3,4)5/h9H,7-8H2,1-6H3. The van der Waals surface area contributed by atoms with Gasteiger partial charge in [-0.15, -0.1) is 0 Å². The predicted molar refractivity (Wildman–Crippen MR) is 51.8 cm³/mol. The van der Waals surface area contributed by atoms with E-state index in [2.05, 4.69) is 46.6 Å². The van der Waals surface area contributed by atoms with Gasteiger partial charge in [-0.1, -0.05) is 13.8 Å². The molecule has 0 aromatic heterocycles. The summed E-state index contributed by atoms with van der Waals surface area (Å²) in [6.07, 6.45) is 1.30. The highest BCUT2D eigenvalue weighted by atomic mass is 15.1. The lowest BCUT2D eigenvalue weighted by Crippen LogP contribution is -2.38. The van der Waals surface area contributed by atoms with E-state index in [1.165, 1.54) is 13.0 Å². The molecule has 1 nitrogen and oxygen atoms in total. The van der Waals surface area contributed by atoms with Crippen molar-refractivity contribution in [3.05, 3.63) is 0 Å². The number of hydrogen-bond acceptors (Lipinski definition) is 1. The summed E-state index contributed by atoms with van der Waals surface area (Å²) < 4.78 is 0. The Bertz CT molecular complexity index is 99.9. The zero-order chi connectivity index (χ0) is 9.07. The normalized spacial score (nSPS) is 13.1. The van der Waals surface area contributed by atoms with Gasteiger partial charge in [-0.05, 0) is 46.7 Å². The van der Waals surface area contributed by atoms with E-state index >= 15 is 0 Å². The molecular weight excluding hydrogens is 134 g/mol. The van der Waals surface area contributed by atoms with Crippen LogP contribution in [0.4, 0.5) is 0 Å². The van der Waals surface area contributed by atoms with Crippen LogP contribution in [0.5, 0.6) is 0 Å². The van der Waals surface area contributed by atoms with Crippen molar-refractivity contribution in [2.24, 2.45) is 5.92 Å². The molecule has 0 saturated heterocycles. The molecule has 0 heterocycles. The maximum absolute atomic E-state index is 2.41. The Morgan fingerprint density at radius 3 is 1.91 bits per heavy atom. The Labute approximate surface area is 71.8 Å². The van der Waals surface area contributed by atoms with E-state index in [9.17, 15) is 0 Å². The first-order chi connectivity index (χ1) is 4.84. The number of rotatable bonds is 3. The van der Waals surface area contributed by atoms with Gasteiger partial charge in [0.05, 0.1) is 0 Å². The average molecular weight is 157 g/mol. The molecule has 1 heteroatoms. The van der Waals surface area contributed by atoms with E-state index < -0.39 is 0 Å². The van der Waals surface area contributed by atoms with Crippen LogP contribution in [0.15, 0.2) is 0 Å². The summed E-state index contributed by atoms with van der Waals surface area (Å²) in [6.45, 7) is 12.5. The van der Waals surface area contributed by atoms with Gasteiger partial charge in [0.15, 0.2) is 0 Å². The van der Waals surface area contributed by atoms with Gasteiger partial charge < -0.3 is 4.90 Å². The molecule has 0 rings (SSSR count). The second-order valence-corrected chi connectivity index (χ2v) is 4.77. The second-order valence-electron chi connectivity index (χ2n) is 4.77. The van der Waals surface area contributed by atoms with Gasteiger partial charge in [-0.25, -0.2) is 0 Å². The molecule has 0 saturated carbocycles. The van der Waals surface area contributed by atoms with Crippen molar-refractivity contribution in [2.45, 2.75) is 46.6 Å². The van der Waals surface area contributed by atoms with Crippen LogP contribution < -0.4 is 0 Å². The van der Waals surface area contributed by atoms with E-state index in [4.69, 9.17) is 0 Å². The minimum Gasteiger partial charge on any atom is -0.302 e. The Hall–Kier alpha value is -0.0400.